The van der Waals surface area contributed by atoms with Crippen LogP contribution >= 0.6 is 0 Å². The second-order valence-electron chi connectivity index (χ2n) is 15.3. The zero-order valence-electron chi connectivity index (χ0n) is 39.3. The topological polar surface area (TPSA) is 493 Å². The maximum atomic E-state index is 13.1. The van der Waals surface area contributed by atoms with Crippen molar-refractivity contribution in [2.24, 2.45) is 11.7 Å². The smallest absolute Gasteiger partial charge is 0 e. The van der Waals surface area contributed by atoms with Gasteiger partial charge >= 0.3 is 81.7 Å². The summed E-state index contributed by atoms with van der Waals surface area (Å²) in [6.45, 7) is 11.3. The molecule has 0 aromatic carbocycles. The molecule has 4 amide bonds. The van der Waals surface area contributed by atoms with Crippen LogP contribution in [0.1, 0.15) is 75.9 Å². The zero-order chi connectivity index (χ0) is 56.2. The average molecular weight is 1220 g/mol. The second-order valence-corrected chi connectivity index (χ2v) is 15.3. The van der Waals surface area contributed by atoms with Crippen molar-refractivity contribution < 1.29 is 123 Å². The third-order valence-electron chi connectivity index (χ3n) is 9.92. The number of carboxylic acid groups (broad SMARTS) is 7. The van der Waals surface area contributed by atoms with E-state index in [1.807, 2.05) is 10.2 Å². The average Bonchev–Trinajstić information content (AvgIpc) is 3.96. The molecule has 0 saturated heterocycles. The van der Waals surface area contributed by atoms with Crippen molar-refractivity contribution in [1.29, 1.82) is 0 Å². The fourth-order valence-electron chi connectivity index (χ4n) is 6.50. The minimum atomic E-state index is -1.57. The molecular weight excluding hydrogens is 1170 g/mol. The Morgan fingerprint density at radius 3 is 1.53 bits per heavy atom. The molecule has 0 spiro atoms. The molecule has 2 heterocycles. The van der Waals surface area contributed by atoms with E-state index in [-0.39, 0.29) is 72.3 Å². The van der Waals surface area contributed by atoms with Crippen LogP contribution in [0.4, 0.5) is 4.79 Å². The summed E-state index contributed by atoms with van der Waals surface area (Å²) in [6, 6.07) is -5.07. The molecule has 2 aromatic rings. The van der Waals surface area contributed by atoms with E-state index in [1.165, 1.54) is 33.9 Å². The van der Waals surface area contributed by atoms with Gasteiger partial charge in [-0.05, 0) is 45.1 Å². The molecule has 0 aliphatic carbocycles. The number of hydrogen-bond donors (Lipinski definition) is 11. The molecule has 0 fully saturated rings. The van der Waals surface area contributed by atoms with Crippen LogP contribution in [-0.2, 0) is 109 Å². The molecule has 0 bridgehead atoms. The molecule has 74 heavy (non-hydrogen) atoms. The number of Topliss-reactive ketones (excluding diaryl/α,β-unsaturated/α-hetero) is 1. The number of aliphatic carboxylic acids is 7. The SMILES string of the molecule is N[C@@H](CCCCN(Cc1nccn1CC(=O)C(CC(=O)O)CC(=O)O)Cc1nccn1CC(=O)N(CC(=O)O)CC(=O)O)C(=O)NCCCC[C@H](NC(=O)N[C@@H](CCC(=O)O)C(=O)O)C(=O)O.[C-]#[O+].[C-]#[O+].[C-]#[O+].[Re]. The first-order valence-electron chi connectivity index (χ1n) is 21.3. The fraction of sp³-hybridized carbons (Fsp3) is 0.524. The van der Waals surface area contributed by atoms with Gasteiger partial charge in [-0.15, -0.1) is 0 Å². The predicted molar refractivity (Wildman–Crippen MR) is 235 cm³/mol. The van der Waals surface area contributed by atoms with E-state index in [0.29, 0.717) is 29.4 Å². The monoisotopic (exact) mass is 1220 g/mol. The van der Waals surface area contributed by atoms with Crippen LogP contribution in [0.25, 0.3) is 0 Å². The molecule has 0 aliphatic heterocycles. The number of amides is 4. The molecule has 32 heteroatoms. The normalized spacial score (nSPS) is 11.3. The Hall–Kier alpha value is -7.61. The summed E-state index contributed by atoms with van der Waals surface area (Å²) in [5.74, 6) is -12.5. The van der Waals surface area contributed by atoms with Gasteiger partial charge in [0.05, 0.1) is 38.5 Å². The first-order valence-corrected chi connectivity index (χ1v) is 21.3. The molecule has 0 saturated carbocycles. The molecule has 407 valence electrons. The van der Waals surface area contributed by atoms with Crippen LogP contribution in [0, 0.1) is 25.9 Å². The number of carbonyl (C=O) groups excluding carboxylic acids is 4. The summed E-state index contributed by atoms with van der Waals surface area (Å²) in [6.07, 6.45) is 4.65. The Kier molecular flexibility index (Phi) is 38.1. The Bertz CT molecular complexity index is 2090. The third kappa shape index (κ3) is 30.3. The van der Waals surface area contributed by atoms with Crippen molar-refractivity contribution in [2.75, 3.05) is 26.2 Å². The van der Waals surface area contributed by atoms with E-state index in [1.54, 1.807) is 0 Å². The van der Waals surface area contributed by atoms with Crippen LogP contribution in [0.2, 0.25) is 0 Å². The maximum Gasteiger partial charge on any atom is 0 e. The van der Waals surface area contributed by atoms with Crippen molar-refractivity contribution in [1.82, 2.24) is 44.9 Å². The van der Waals surface area contributed by atoms with Crippen LogP contribution < -0.4 is 21.7 Å². The van der Waals surface area contributed by atoms with Crippen LogP contribution in [0.3, 0.4) is 0 Å². The maximum absolute atomic E-state index is 13.1. The molecule has 3 atom stereocenters. The summed E-state index contributed by atoms with van der Waals surface area (Å²) < 4.78 is 25.3. The van der Waals surface area contributed by atoms with Crippen LogP contribution in [0.5, 0.6) is 0 Å². The number of nitrogens with two attached hydrogens (primary N) is 1. The second kappa shape index (κ2) is 39.9. The van der Waals surface area contributed by atoms with Gasteiger partial charge < -0.3 is 71.5 Å². The summed E-state index contributed by atoms with van der Waals surface area (Å²) in [5.41, 5.74) is 6.14. The fourth-order valence-corrected chi connectivity index (χ4v) is 6.50. The van der Waals surface area contributed by atoms with E-state index in [2.05, 4.69) is 40.6 Å². The number of ketones is 1. The van der Waals surface area contributed by atoms with Crippen molar-refractivity contribution in [2.45, 2.75) is 109 Å². The summed E-state index contributed by atoms with van der Waals surface area (Å²) in [7, 11) is 0. The molecule has 0 unspecified atom stereocenters. The van der Waals surface area contributed by atoms with E-state index in [9.17, 15) is 83.4 Å². The quantitative estimate of drug-likeness (QED) is 0.0201. The molecular formula is C42H56N10O21Re. The summed E-state index contributed by atoms with van der Waals surface area (Å²) in [4.78, 5) is 141. The number of unbranched alkanes of at least 4 members (excludes halogenated alkanes) is 2. The van der Waals surface area contributed by atoms with E-state index in [4.69, 9.17) is 24.8 Å². The number of hydrogen-bond acceptors (Lipinski definition) is 15. The number of carboxylic acids is 7. The zero-order valence-corrected chi connectivity index (χ0v) is 42.0. The molecule has 31 nitrogen and oxygen atoms in total. The Morgan fingerprint density at radius 1 is 0.622 bits per heavy atom. The van der Waals surface area contributed by atoms with Crippen molar-refractivity contribution in [3.05, 3.63) is 56.4 Å². The van der Waals surface area contributed by atoms with Gasteiger partial charge in [0.1, 0.15) is 43.4 Å². The first-order chi connectivity index (χ1) is 34.6. The number of nitrogens with one attached hydrogen (secondary N) is 3. The van der Waals surface area contributed by atoms with E-state index >= 15 is 0 Å². The summed E-state index contributed by atoms with van der Waals surface area (Å²) in [5, 5.41) is 71.2. The van der Waals surface area contributed by atoms with Gasteiger partial charge in [-0.3, -0.25) is 43.3 Å². The molecule has 2 rings (SSSR count). The van der Waals surface area contributed by atoms with E-state index < -0.39 is 141 Å². The van der Waals surface area contributed by atoms with E-state index in [0.717, 1.165) is 0 Å². The largest absolute Gasteiger partial charge is 0 e. The number of imidazole rings is 2. The Balaban J connectivity index is -0.00000693. The van der Waals surface area contributed by atoms with Gasteiger partial charge in [0.25, 0.3) is 0 Å². The number of urea groups is 1. The number of carbonyl (C=O) groups is 11. The van der Waals surface area contributed by atoms with Gasteiger partial charge in [0.15, 0.2) is 5.78 Å². The number of rotatable bonds is 35. The predicted octanol–water partition coefficient (Wildman–Crippen LogP) is -2.05. The van der Waals surface area contributed by atoms with Gasteiger partial charge in [-0.2, -0.15) is 0 Å². The van der Waals surface area contributed by atoms with Gasteiger partial charge in [-0.25, -0.2) is 24.4 Å². The number of aromatic nitrogens is 4. The standard InChI is InChI=1S/C39H56N10O18.3CO.Re/c40-24(36(62)43-9-3-1-6-25(37(63)64)44-39(67)45-26(38(65)66)7-8-31(52)53)5-2-4-12-46(18-28-41-10-13-47(28)17-27(50)23(15-32(54)55)16-33(56)57)19-29-42-11-14-48(29)20-30(51)49(21-34(58)59)22-35(60)61;3*1-2;/h10-11,13-14,23-26H,1-9,12,15-22,40H2,(H,43,62)(H,52,53)(H,54,55)(H,56,57)(H,58,59)(H,60,61)(H,63,64)(H,65,66)(H2,44,45,67);;;;/t24-,25-,26-;;;;/m0..../s1. The molecule has 1 radical (unpaired) electrons. The minimum Gasteiger partial charge on any atom is 0 e. The third-order valence-corrected chi connectivity index (χ3v) is 9.92. The summed E-state index contributed by atoms with van der Waals surface area (Å²) >= 11 is 0. The van der Waals surface area contributed by atoms with Gasteiger partial charge in [0, 0.05) is 64.1 Å². The molecule has 0 aliphatic rings. The molecule has 2 aromatic heterocycles. The minimum absolute atomic E-state index is 0. The van der Waals surface area contributed by atoms with Gasteiger partial charge in [0.2, 0.25) is 11.8 Å². The molecule has 12 N–H and O–H groups in total. The van der Waals surface area contributed by atoms with Gasteiger partial charge in [-0.1, -0.05) is 6.42 Å². The van der Waals surface area contributed by atoms with Crippen molar-refractivity contribution >= 4 is 65.4 Å². The Labute approximate surface area is 434 Å². The first kappa shape index (κ1) is 70.6. The van der Waals surface area contributed by atoms with Crippen molar-refractivity contribution in [3.8, 4) is 0 Å². The number of nitrogens with zero attached hydrogens (tertiary/aromatic N) is 6. The Morgan fingerprint density at radius 2 is 1.08 bits per heavy atom. The van der Waals surface area contributed by atoms with Crippen LogP contribution in [-0.4, -0.2) is 174 Å². The van der Waals surface area contributed by atoms with Crippen LogP contribution in [0.15, 0.2) is 24.8 Å². The van der Waals surface area contributed by atoms with Crippen molar-refractivity contribution in [3.63, 3.8) is 0 Å².